The predicted octanol–water partition coefficient (Wildman–Crippen LogP) is -0.352. The first-order valence-electron chi connectivity index (χ1n) is 4.72. The van der Waals surface area contributed by atoms with Crippen molar-refractivity contribution in [2.75, 3.05) is 0 Å². The molecule has 1 unspecified atom stereocenters. The third kappa shape index (κ3) is 6.51. The van der Waals surface area contributed by atoms with E-state index in [4.69, 9.17) is 5.11 Å². The predicted molar refractivity (Wildman–Crippen MR) is 63.0 cm³/mol. The van der Waals surface area contributed by atoms with Crippen molar-refractivity contribution in [2.24, 2.45) is 0 Å². The van der Waals surface area contributed by atoms with Gasteiger partial charge in [0.25, 0.3) is 0 Å². The van der Waals surface area contributed by atoms with Gasteiger partial charge in [-0.25, -0.2) is 0 Å². The van der Waals surface area contributed by atoms with Crippen molar-refractivity contribution in [2.45, 2.75) is 40.8 Å². The van der Waals surface area contributed by atoms with Gasteiger partial charge in [-0.2, -0.15) is 0 Å². The molecule has 1 amide bonds. The average molecular weight is 361 g/mol. The summed E-state index contributed by atoms with van der Waals surface area (Å²) in [6, 6.07) is -0.867. The molecular formula is C9H17NO4Se2. The zero-order chi connectivity index (χ0) is 12.6. The Morgan fingerprint density at radius 1 is 1.31 bits per heavy atom. The van der Waals surface area contributed by atoms with Crippen LogP contribution >= 0.6 is 0 Å². The summed E-state index contributed by atoms with van der Waals surface area (Å²) in [6.07, 6.45) is -0.638. The molecule has 0 aliphatic carbocycles. The SMILES string of the molecule is C[Se]CC[C@H](NC(=O)C(O)C[Se]C)C(=O)O. The molecule has 7 heteroatoms. The molecule has 0 spiro atoms. The first-order chi connectivity index (χ1) is 7.52. The van der Waals surface area contributed by atoms with Gasteiger partial charge in [0, 0.05) is 0 Å². The van der Waals surface area contributed by atoms with Crippen LogP contribution in [0, 0.1) is 0 Å². The molecule has 0 aromatic rings. The Morgan fingerprint density at radius 3 is 2.38 bits per heavy atom. The maximum absolute atomic E-state index is 11.4. The Labute approximate surface area is 108 Å². The molecule has 0 aliphatic heterocycles. The minimum atomic E-state index is -1.07. The van der Waals surface area contributed by atoms with Crippen LogP contribution in [0.4, 0.5) is 0 Å². The zero-order valence-electron chi connectivity index (χ0n) is 9.30. The van der Waals surface area contributed by atoms with Gasteiger partial charge in [-0.15, -0.1) is 0 Å². The van der Waals surface area contributed by atoms with Gasteiger partial charge in [0.1, 0.15) is 0 Å². The van der Waals surface area contributed by atoms with Crippen LogP contribution in [0.3, 0.4) is 0 Å². The van der Waals surface area contributed by atoms with Crippen LogP contribution < -0.4 is 5.32 Å². The number of rotatable bonds is 8. The van der Waals surface area contributed by atoms with E-state index in [2.05, 4.69) is 5.32 Å². The van der Waals surface area contributed by atoms with E-state index in [0.29, 0.717) is 26.7 Å². The average Bonchev–Trinajstić information content (AvgIpc) is 2.23. The van der Waals surface area contributed by atoms with Crippen LogP contribution in [0.1, 0.15) is 6.42 Å². The summed E-state index contributed by atoms with van der Waals surface area (Å²) in [4.78, 5) is 22.2. The van der Waals surface area contributed by atoms with Crippen LogP contribution in [-0.4, -0.2) is 64.1 Å². The molecule has 0 fully saturated rings. The molecule has 16 heavy (non-hydrogen) atoms. The monoisotopic (exact) mass is 363 g/mol. The van der Waals surface area contributed by atoms with Gasteiger partial charge in [0.05, 0.1) is 0 Å². The number of aliphatic hydroxyl groups excluding tert-OH is 1. The number of hydrogen-bond donors (Lipinski definition) is 3. The quantitative estimate of drug-likeness (QED) is 0.516. The second-order valence-electron chi connectivity index (χ2n) is 3.15. The Bertz CT molecular complexity index is 238. The third-order valence-electron chi connectivity index (χ3n) is 1.85. The number of carbonyl (C=O) groups is 2. The Kier molecular flexibility index (Phi) is 8.99. The molecular weight excluding hydrogens is 344 g/mol. The molecule has 0 aliphatic rings. The van der Waals surface area contributed by atoms with Crippen molar-refractivity contribution < 1.29 is 19.8 Å². The summed E-state index contributed by atoms with van der Waals surface area (Å²) in [5.74, 6) is 2.33. The number of carbonyl (C=O) groups excluding carboxylic acids is 1. The van der Waals surface area contributed by atoms with Crippen molar-refractivity contribution >= 4 is 41.8 Å². The second kappa shape index (κ2) is 9.02. The molecule has 94 valence electrons. The number of aliphatic carboxylic acids is 1. The van der Waals surface area contributed by atoms with Gasteiger partial charge in [0.2, 0.25) is 0 Å². The molecule has 0 aromatic heterocycles. The van der Waals surface area contributed by atoms with E-state index in [1.54, 1.807) is 0 Å². The minimum absolute atomic E-state index is 0.196. The summed E-state index contributed by atoms with van der Waals surface area (Å²) in [5, 5.41) is 21.9. The van der Waals surface area contributed by atoms with Gasteiger partial charge in [-0.1, -0.05) is 0 Å². The molecule has 3 N–H and O–H groups in total. The number of amides is 1. The fourth-order valence-corrected chi connectivity index (χ4v) is 2.96. The van der Waals surface area contributed by atoms with Gasteiger partial charge in [-0.05, 0) is 0 Å². The van der Waals surface area contributed by atoms with Gasteiger partial charge >= 0.3 is 108 Å². The van der Waals surface area contributed by atoms with E-state index >= 15 is 0 Å². The number of carboxylic acid groups (broad SMARTS) is 1. The van der Waals surface area contributed by atoms with Gasteiger partial charge < -0.3 is 0 Å². The summed E-state index contributed by atoms with van der Waals surface area (Å²) in [6.45, 7) is 0. The fraction of sp³-hybridized carbons (Fsp3) is 0.778. The van der Waals surface area contributed by atoms with E-state index < -0.39 is 24.0 Å². The van der Waals surface area contributed by atoms with Crippen molar-refractivity contribution in [3.63, 3.8) is 0 Å². The van der Waals surface area contributed by atoms with Gasteiger partial charge in [0.15, 0.2) is 0 Å². The van der Waals surface area contributed by atoms with Crippen LogP contribution in [0.15, 0.2) is 0 Å². The molecule has 2 atom stereocenters. The number of aliphatic hydroxyl groups is 1. The van der Waals surface area contributed by atoms with E-state index in [-0.39, 0.29) is 15.0 Å². The fourth-order valence-electron chi connectivity index (χ4n) is 0.995. The Balaban J connectivity index is 4.17. The molecule has 5 nitrogen and oxygen atoms in total. The topological polar surface area (TPSA) is 86.6 Å². The summed E-state index contributed by atoms with van der Waals surface area (Å²) >= 11 is 0.589. The van der Waals surface area contributed by atoms with Crippen molar-refractivity contribution in [1.29, 1.82) is 0 Å². The van der Waals surface area contributed by atoms with Crippen LogP contribution in [0.25, 0.3) is 0 Å². The summed E-state index contributed by atoms with van der Waals surface area (Å²) in [5.41, 5.74) is 0. The van der Waals surface area contributed by atoms with Gasteiger partial charge in [-0.3, -0.25) is 0 Å². The summed E-state index contributed by atoms with van der Waals surface area (Å²) in [7, 11) is 0. The number of hydrogen-bond acceptors (Lipinski definition) is 3. The second-order valence-corrected chi connectivity index (χ2v) is 7.13. The van der Waals surface area contributed by atoms with E-state index in [1.165, 1.54) is 0 Å². The zero-order valence-corrected chi connectivity index (χ0v) is 12.7. The van der Waals surface area contributed by atoms with E-state index in [0.717, 1.165) is 5.32 Å². The van der Waals surface area contributed by atoms with Crippen molar-refractivity contribution in [3.8, 4) is 0 Å². The van der Waals surface area contributed by atoms with Crippen LogP contribution in [0.5, 0.6) is 0 Å². The Morgan fingerprint density at radius 2 is 1.94 bits per heavy atom. The molecule has 0 bridgehead atoms. The molecule has 0 heterocycles. The molecule has 0 saturated heterocycles. The molecule has 0 aromatic carbocycles. The van der Waals surface area contributed by atoms with E-state index in [9.17, 15) is 14.7 Å². The first kappa shape index (κ1) is 15.9. The standard InChI is InChI=1S/C9H17NO4Se2/c1-15-4-3-6(9(13)14)10-8(12)7(11)5-16-2/h6-7,11H,3-5H2,1-2H3,(H,10,12)(H,13,14)/t6-,7?/m0/s1. The molecule has 0 saturated carbocycles. The number of nitrogens with one attached hydrogen (secondary N) is 1. The molecule has 0 radical (unpaired) electrons. The number of carboxylic acids is 1. The third-order valence-corrected chi connectivity index (χ3v) is 4.57. The van der Waals surface area contributed by atoms with Crippen molar-refractivity contribution in [3.05, 3.63) is 0 Å². The van der Waals surface area contributed by atoms with Crippen LogP contribution in [0.2, 0.25) is 22.3 Å². The van der Waals surface area contributed by atoms with Crippen LogP contribution in [-0.2, 0) is 9.59 Å². The normalized spacial score (nSPS) is 14.2. The summed E-state index contributed by atoms with van der Waals surface area (Å²) < 4.78 is 0. The maximum atomic E-state index is 11.4. The first-order valence-corrected chi connectivity index (χ1v) is 10.6. The Hall–Kier alpha value is -0.0610. The molecule has 0 rings (SSSR count). The van der Waals surface area contributed by atoms with E-state index in [1.807, 2.05) is 11.6 Å². The van der Waals surface area contributed by atoms with Crippen molar-refractivity contribution in [1.82, 2.24) is 5.32 Å².